The van der Waals surface area contributed by atoms with E-state index in [1.54, 1.807) is 4.90 Å². The second-order valence-electron chi connectivity index (χ2n) is 8.76. The summed E-state index contributed by atoms with van der Waals surface area (Å²) in [5, 5.41) is 3.22. The molecule has 2 aromatic heterocycles. The molecule has 1 saturated heterocycles. The topological polar surface area (TPSA) is 90.8 Å². The zero-order valence-electron chi connectivity index (χ0n) is 18.4. The number of hydrogen-bond acceptors (Lipinski definition) is 4. The lowest BCUT2D eigenvalue weighted by Crippen LogP contribution is -2.39. The van der Waals surface area contributed by atoms with Gasteiger partial charge in [0.15, 0.2) is 5.65 Å². The fourth-order valence-electron chi connectivity index (χ4n) is 4.91. The van der Waals surface area contributed by atoms with Crippen molar-refractivity contribution in [3.63, 3.8) is 0 Å². The summed E-state index contributed by atoms with van der Waals surface area (Å²) < 4.78 is 1.46. The van der Waals surface area contributed by atoms with Crippen LogP contribution in [-0.2, 0) is 17.8 Å². The number of benzene rings is 1. The molecule has 8 heteroatoms. The number of nitrogens with one attached hydrogen (secondary N) is 1. The molecule has 0 bridgehead atoms. The van der Waals surface area contributed by atoms with Crippen molar-refractivity contribution in [2.24, 2.45) is 0 Å². The van der Waals surface area contributed by atoms with Crippen molar-refractivity contribution in [2.45, 2.75) is 52.1 Å². The lowest BCUT2D eigenvalue weighted by Gasteiger charge is -2.35. The quantitative estimate of drug-likeness (QED) is 0.673. The summed E-state index contributed by atoms with van der Waals surface area (Å²) in [6.07, 6.45) is 3.38. The molecule has 3 aromatic rings. The number of H-pyrrole nitrogens is 1. The highest BCUT2D eigenvalue weighted by molar-refractivity contribution is 5.96. The van der Waals surface area contributed by atoms with Gasteiger partial charge in [0.25, 0.3) is 11.5 Å². The summed E-state index contributed by atoms with van der Waals surface area (Å²) in [7, 11) is 0. The van der Waals surface area contributed by atoms with Gasteiger partial charge in [0.2, 0.25) is 5.91 Å². The Balaban J connectivity index is 1.53. The molecule has 2 aliphatic heterocycles. The first-order valence-electron chi connectivity index (χ1n) is 11.2. The molecule has 1 fully saturated rings. The highest BCUT2D eigenvalue weighted by Gasteiger charge is 2.31. The SMILES string of the molecule is CC(=O)N1CCc2nc3cc(C4CCCCN4C(=O)c4ccccc4C)[nH]n3c(=O)c2C1. The Morgan fingerprint density at radius 3 is 2.75 bits per heavy atom. The molecule has 0 saturated carbocycles. The van der Waals surface area contributed by atoms with E-state index in [1.807, 2.05) is 42.2 Å². The maximum absolute atomic E-state index is 13.4. The van der Waals surface area contributed by atoms with E-state index in [4.69, 9.17) is 4.98 Å². The van der Waals surface area contributed by atoms with Crippen LogP contribution in [0.4, 0.5) is 0 Å². The molecule has 32 heavy (non-hydrogen) atoms. The Morgan fingerprint density at radius 2 is 1.97 bits per heavy atom. The number of rotatable bonds is 2. The van der Waals surface area contributed by atoms with Crippen LogP contribution in [0.1, 0.15) is 65.1 Å². The highest BCUT2D eigenvalue weighted by atomic mass is 16.2. The van der Waals surface area contributed by atoms with Gasteiger partial charge >= 0.3 is 0 Å². The van der Waals surface area contributed by atoms with E-state index < -0.39 is 0 Å². The van der Waals surface area contributed by atoms with Crippen LogP contribution in [0.15, 0.2) is 35.1 Å². The summed E-state index contributed by atoms with van der Waals surface area (Å²) >= 11 is 0. The molecule has 1 aromatic carbocycles. The van der Waals surface area contributed by atoms with Gasteiger partial charge in [-0.3, -0.25) is 19.5 Å². The van der Waals surface area contributed by atoms with Gasteiger partial charge in [0, 0.05) is 38.1 Å². The third-order valence-electron chi connectivity index (χ3n) is 6.72. The van der Waals surface area contributed by atoms with Crippen molar-refractivity contribution in [2.75, 3.05) is 13.1 Å². The first-order valence-corrected chi connectivity index (χ1v) is 11.2. The molecule has 1 atom stereocenters. The minimum Gasteiger partial charge on any atom is -0.338 e. The van der Waals surface area contributed by atoms with Crippen molar-refractivity contribution >= 4 is 17.5 Å². The molecular weight excluding hydrogens is 406 g/mol. The minimum atomic E-state index is -0.171. The molecule has 2 amide bonds. The first-order chi connectivity index (χ1) is 15.4. The number of aromatic amines is 1. The van der Waals surface area contributed by atoms with E-state index in [9.17, 15) is 14.4 Å². The molecule has 166 valence electrons. The lowest BCUT2D eigenvalue weighted by atomic mass is 9.97. The standard InChI is InChI=1S/C24H27N5O3/c1-15-7-3-4-8-17(15)23(31)28-11-6-5-9-21(28)20-13-22-25-19-10-12-27(16(2)30)14-18(19)24(32)29(22)26-20/h3-4,7-8,13,21,26H,5-6,9-12,14H2,1-2H3. The fourth-order valence-corrected chi connectivity index (χ4v) is 4.91. The molecule has 0 aliphatic carbocycles. The number of nitrogens with zero attached hydrogens (tertiary/aromatic N) is 4. The Labute approximate surface area is 185 Å². The average molecular weight is 434 g/mol. The summed E-state index contributed by atoms with van der Waals surface area (Å²) in [6, 6.07) is 9.41. The molecular formula is C24H27N5O3. The second-order valence-corrected chi connectivity index (χ2v) is 8.76. The van der Waals surface area contributed by atoms with Crippen LogP contribution in [0.3, 0.4) is 0 Å². The van der Waals surface area contributed by atoms with E-state index in [0.29, 0.717) is 36.3 Å². The van der Waals surface area contributed by atoms with Crippen LogP contribution >= 0.6 is 0 Å². The summed E-state index contributed by atoms with van der Waals surface area (Å²) in [5.74, 6) is -0.0250. The number of aryl methyl sites for hydroxylation is 1. The predicted octanol–water partition coefficient (Wildman–Crippen LogP) is 2.60. The highest BCUT2D eigenvalue weighted by Crippen LogP contribution is 2.32. The zero-order valence-corrected chi connectivity index (χ0v) is 18.4. The number of carbonyl (C=O) groups excluding carboxylic acids is 2. The number of likely N-dealkylation sites (tertiary alicyclic amines) is 1. The summed E-state index contributed by atoms with van der Waals surface area (Å²) in [5.41, 5.74) is 4.21. The normalized spacial score (nSPS) is 18.6. The van der Waals surface area contributed by atoms with Gasteiger partial charge in [-0.2, -0.15) is 0 Å². The Kier molecular flexibility index (Phi) is 5.07. The van der Waals surface area contributed by atoms with Crippen molar-refractivity contribution in [3.8, 4) is 0 Å². The molecule has 0 radical (unpaired) electrons. The summed E-state index contributed by atoms with van der Waals surface area (Å²) in [4.78, 5) is 46.7. The van der Waals surface area contributed by atoms with Crippen LogP contribution in [0.5, 0.6) is 0 Å². The largest absolute Gasteiger partial charge is 0.338 e. The van der Waals surface area contributed by atoms with Crippen LogP contribution in [0.25, 0.3) is 5.65 Å². The lowest BCUT2D eigenvalue weighted by molar-refractivity contribution is -0.129. The second kappa shape index (κ2) is 7.93. The van der Waals surface area contributed by atoms with Gasteiger partial charge in [0.1, 0.15) is 0 Å². The molecule has 5 rings (SSSR count). The molecule has 1 N–H and O–H groups in total. The Morgan fingerprint density at radius 1 is 1.16 bits per heavy atom. The molecule has 1 unspecified atom stereocenters. The monoisotopic (exact) mass is 433 g/mol. The molecule has 0 spiro atoms. The number of piperidine rings is 1. The number of aromatic nitrogens is 3. The zero-order chi connectivity index (χ0) is 22.4. The van der Waals surface area contributed by atoms with Gasteiger partial charge in [-0.1, -0.05) is 18.2 Å². The van der Waals surface area contributed by atoms with E-state index in [0.717, 1.165) is 36.2 Å². The fraction of sp³-hybridized carbons (Fsp3) is 0.417. The Hall–Kier alpha value is -3.42. The minimum absolute atomic E-state index is 0.0168. The maximum Gasteiger partial charge on any atom is 0.277 e. The van der Waals surface area contributed by atoms with Crippen molar-refractivity contribution in [3.05, 3.63) is 68.8 Å². The molecule has 8 nitrogen and oxygen atoms in total. The third-order valence-corrected chi connectivity index (χ3v) is 6.72. The van der Waals surface area contributed by atoms with E-state index in [1.165, 1.54) is 11.4 Å². The van der Waals surface area contributed by atoms with Crippen molar-refractivity contribution < 1.29 is 9.59 Å². The van der Waals surface area contributed by atoms with Crippen LogP contribution in [0, 0.1) is 6.92 Å². The summed E-state index contributed by atoms with van der Waals surface area (Å²) in [6.45, 7) is 5.01. The van der Waals surface area contributed by atoms with Crippen LogP contribution in [-0.4, -0.2) is 49.3 Å². The van der Waals surface area contributed by atoms with E-state index in [2.05, 4.69) is 5.10 Å². The van der Waals surface area contributed by atoms with Crippen molar-refractivity contribution in [1.82, 2.24) is 24.4 Å². The van der Waals surface area contributed by atoms with Crippen LogP contribution < -0.4 is 5.56 Å². The maximum atomic E-state index is 13.4. The first kappa shape index (κ1) is 20.5. The predicted molar refractivity (Wildman–Crippen MR) is 119 cm³/mol. The van der Waals surface area contributed by atoms with Gasteiger partial charge in [-0.25, -0.2) is 9.50 Å². The molecule has 4 heterocycles. The number of hydrogen-bond donors (Lipinski definition) is 1. The third kappa shape index (κ3) is 3.39. The number of amides is 2. The van der Waals surface area contributed by atoms with Gasteiger partial charge in [0.05, 0.1) is 29.5 Å². The van der Waals surface area contributed by atoms with Gasteiger partial charge < -0.3 is 9.80 Å². The van der Waals surface area contributed by atoms with E-state index >= 15 is 0 Å². The molecule has 2 aliphatic rings. The Bertz CT molecular complexity index is 1270. The van der Waals surface area contributed by atoms with Gasteiger partial charge in [-0.15, -0.1) is 0 Å². The number of carbonyl (C=O) groups is 2. The van der Waals surface area contributed by atoms with Gasteiger partial charge in [-0.05, 0) is 37.8 Å². The smallest absolute Gasteiger partial charge is 0.277 e. The van der Waals surface area contributed by atoms with Crippen molar-refractivity contribution in [1.29, 1.82) is 0 Å². The van der Waals surface area contributed by atoms with E-state index in [-0.39, 0.29) is 30.0 Å². The average Bonchev–Trinajstić information content (AvgIpc) is 3.23. The van der Waals surface area contributed by atoms with Crippen LogP contribution in [0.2, 0.25) is 0 Å². The number of fused-ring (bicyclic) bond motifs is 2.